The third-order valence-electron chi connectivity index (χ3n) is 3.46. The van der Waals surface area contributed by atoms with Gasteiger partial charge in [-0.1, -0.05) is 24.3 Å². The standard InChI is InChI=1S/C19H15N3O2/c20-19(24)14-6-9-16(10-7-14)22-18(23)12-11-15-8-5-13-3-1-2-4-17(13)21-15/h1-12H,(H2,20,24)(H,22,23). The molecule has 3 aromatic rings. The minimum absolute atomic E-state index is 0.281. The molecule has 0 aliphatic rings. The molecule has 0 saturated carbocycles. The Kier molecular flexibility index (Phi) is 4.34. The van der Waals surface area contributed by atoms with Gasteiger partial charge in [-0.05, 0) is 42.5 Å². The Morgan fingerprint density at radius 1 is 0.958 bits per heavy atom. The van der Waals surface area contributed by atoms with Crippen LogP contribution < -0.4 is 11.1 Å². The fourth-order valence-electron chi connectivity index (χ4n) is 2.24. The molecule has 24 heavy (non-hydrogen) atoms. The van der Waals surface area contributed by atoms with Gasteiger partial charge in [-0.15, -0.1) is 0 Å². The fourth-order valence-corrected chi connectivity index (χ4v) is 2.24. The summed E-state index contributed by atoms with van der Waals surface area (Å²) in [6.45, 7) is 0. The first-order valence-corrected chi connectivity index (χ1v) is 7.36. The highest BCUT2D eigenvalue weighted by atomic mass is 16.1. The molecule has 0 spiro atoms. The third-order valence-corrected chi connectivity index (χ3v) is 3.46. The highest BCUT2D eigenvalue weighted by molar-refractivity contribution is 6.02. The van der Waals surface area contributed by atoms with E-state index in [4.69, 9.17) is 5.73 Å². The van der Waals surface area contributed by atoms with Crippen LogP contribution in [0.4, 0.5) is 5.69 Å². The number of carbonyl (C=O) groups is 2. The van der Waals surface area contributed by atoms with E-state index < -0.39 is 5.91 Å². The number of nitrogens with two attached hydrogens (primary N) is 1. The minimum Gasteiger partial charge on any atom is -0.366 e. The molecule has 0 fully saturated rings. The van der Waals surface area contributed by atoms with Crippen molar-refractivity contribution in [3.05, 3.63) is 78.0 Å². The van der Waals surface area contributed by atoms with Crippen molar-refractivity contribution in [2.45, 2.75) is 0 Å². The molecule has 0 atom stereocenters. The molecule has 3 rings (SSSR count). The SMILES string of the molecule is NC(=O)c1ccc(NC(=O)C=Cc2ccc3ccccc3n2)cc1. The Bertz CT molecular complexity index is 931. The molecule has 0 unspecified atom stereocenters. The van der Waals surface area contributed by atoms with E-state index in [0.717, 1.165) is 10.9 Å². The van der Waals surface area contributed by atoms with E-state index >= 15 is 0 Å². The van der Waals surface area contributed by atoms with Gasteiger partial charge in [-0.25, -0.2) is 4.98 Å². The zero-order chi connectivity index (χ0) is 16.9. The van der Waals surface area contributed by atoms with Crippen LogP contribution in [0.15, 0.2) is 66.7 Å². The minimum atomic E-state index is -0.504. The van der Waals surface area contributed by atoms with Crippen molar-refractivity contribution >= 4 is 34.5 Å². The first-order valence-electron chi connectivity index (χ1n) is 7.36. The van der Waals surface area contributed by atoms with Crippen LogP contribution in [-0.4, -0.2) is 16.8 Å². The summed E-state index contributed by atoms with van der Waals surface area (Å²) < 4.78 is 0. The molecule has 0 saturated heterocycles. The quantitative estimate of drug-likeness (QED) is 0.725. The molecule has 0 aliphatic heterocycles. The van der Waals surface area contributed by atoms with Gasteiger partial charge in [0.25, 0.3) is 0 Å². The monoisotopic (exact) mass is 317 g/mol. The largest absolute Gasteiger partial charge is 0.366 e. The van der Waals surface area contributed by atoms with Crippen molar-refractivity contribution in [2.75, 3.05) is 5.32 Å². The van der Waals surface area contributed by atoms with Gasteiger partial charge in [-0.3, -0.25) is 9.59 Å². The number of primary amides is 1. The Balaban J connectivity index is 1.68. The lowest BCUT2D eigenvalue weighted by atomic mass is 10.2. The van der Waals surface area contributed by atoms with Gasteiger partial charge in [0, 0.05) is 22.7 Å². The molecule has 0 bridgehead atoms. The van der Waals surface area contributed by atoms with Crippen LogP contribution in [0.25, 0.3) is 17.0 Å². The van der Waals surface area contributed by atoms with Gasteiger partial charge < -0.3 is 11.1 Å². The van der Waals surface area contributed by atoms with Gasteiger partial charge in [0.2, 0.25) is 11.8 Å². The molecule has 3 N–H and O–H groups in total. The fraction of sp³-hybridized carbons (Fsp3) is 0. The number of aromatic nitrogens is 1. The Hall–Kier alpha value is -3.47. The summed E-state index contributed by atoms with van der Waals surface area (Å²) in [5, 5.41) is 3.76. The predicted octanol–water partition coefficient (Wildman–Crippen LogP) is 2.99. The molecule has 0 radical (unpaired) electrons. The Morgan fingerprint density at radius 2 is 1.71 bits per heavy atom. The zero-order valence-electron chi connectivity index (χ0n) is 12.8. The molecular formula is C19H15N3O2. The number of rotatable bonds is 4. The summed E-state index contributed by atoms with van der Waals surface area (Å²) in [5.74, 6) is -0.785. The summed E-state index contributed by atoms with van der Waals surface area (Å²) in [6, 6.07) is 18.0. The van der Waals surface area contributed by atoms with Crippen molar-refractivity contribution in [1.82, 2.24) is 4.98 Å². The maximum atomic E-state index is 12.0. The van der Waals surface area contributed by atoms with Gasteiger partial charge in [0.15, 0.2) is 0 Å². The Morgan fingerprint density at radius 3 is 2.46 bits per heavy atom. The average Bonchev–Trinajstić information content (AvgIpc) is 2.60. The number of hydrogen-bond acceptors (Lipinski definition) is 3. The number of nitrogens with one attached hydrogen (secondary N) is 1. The predicted molar refractivity (Wildman–Crippen MR) is 94.4 cm³/mol. The number of fused-ring (bicyclic) bond motifs is 1. The second-order valence-electron chi connectivity index (χ2n) is 5.19. The van der Waals surface area contributed by atoms with Crippen LogP contribution in [-0.2, 0) is 4.79 Å². The van der Waals surface area contributed by atoms with E-state index in [1.165, 1.54) is 6.08 Å². The molecule has 5 nitrogen and oxygen atoms in total. The van der Waals surface area contributed by atoms with Crippen LogP contribution >= 0.6 is 0 Å². The topological polar surface area (TPSA) is 85.1 Å². The van der Waals surface area contributed by atoms with E-state index in [9.17, 15) is 9.59 Å². The van der Waals surface area contributed by atoms with E-state index in [-0.39, 0.29) is 5.91 Å². The van der Waals surface area contributed by atoms with E-state index in [1.54, 1.807) is 30.3 Å². The smallest absolute Gasteiger partial charge is 0.248 e. The van der Waals surface area contributed by atoms with Crippen LogP contribution in [0.5, 0.6) is 0 Å². The molecule has 2 amide bonds. The Labute approximate surface area is 138 Å². The molecule has 0 aliphatic carbocycles. The van der Waals surface area contributed by atoms with E-state index in [2.05, 4.69) is 10.3 Å². The van der Waals surface area contributed by atoms with E-state index in [0.29, 0.717) is 16.9 Å². The van der Waals surface area contributed by atoms with Crippen LogP contribution in [0.2, 0.25) is 0 Å². The lowest BCUT2D eigenvalue weighted by Gasteiger charge is -2.03. The second kappa shape index (κ2) is 6.75. The van der Waals surface area contributed by atoms with Gasteiger partial charge >= 0.3 is 0 Å². The van der Waals surface area contributed by atoms with Crippen LogP contribution in [0.1, 0.15) is 16.1 Å². The van der Waals surface area contributed by atoms with Crippen molar-refractivity contribution in [2.24, 2.45) is 5.73 Å². The lowest BCUT2D eigenvalue weighted by Crippen LogP contribution is -2.11. The maximum Gasteiger partial charge on any atom is 0.248 e. The van der Waals surface area contributed by atoms with Gasteiger partial charge in [0.1, 0.15) is 0 Å². The van der Waals surface area contributed by atoms with E-state index in [1.807, 2.05) is 36.4 Å². The first-order chi connectivity index (χ1) is 11.6. The zero-order valence-corrected chi connectivity index (χ0v) is 12.8. The van der Waals surface area contributed by atoms with Crippen molar-refractivity contribution in [1.29, 1.82) is 0 Å². The molecule has 118 valence electrons. The summed E-state index contributed by atoms with van der Waals surface area (Å²) in [6.07, 6.45) is 3.07. The molecule has 1 aromatic heterocycles. The second-order valence-corrected chi connectivity index (χ2v) is 5.19. The molecule has 2 aromatic carbocycles. The summed E-state index contributed by atoms with van der Waals surface area (Å²) in [5.41, 5.74) is 7.73. The third kappa shape index (κ3) is 3.64. The summed E-state index contributed by atoms with van der Waals surface area (Å²) in [7, 11) is 0. The summed E-state index contributed by atoms with van der Waals surface area (Å²) in [4.78, 5) is 27.4. The van der Waals surface area contributed by atoms with Crippen LogP contribution in [0, 0.1) is 0 Å². The highest BCUT2D eigenvalue weighted by Crippen LogP contribution is 2.13. The highest BCUT2D eigenvalue weighted by Gasteiger charge is 2.02. The number of carbonyl (C=O) groups excluding carboxylic acids is 2. The normalized spacial score (nSPS) is 10.8. The van der Waals surface area contributed by atoms with Crippen molar-refractivity contribution in [3.8, 4) is 0 Å². The number of hydrogen-bond donors (Lipinski definition) is 2. The average molecular weight is 317 g/mol. The molecular weight excluding hydrogens is 302 g/mol. The van der Waals surface area contributed by atoms with Crippen molar-refractivity contribution < 1.29 is 9.59 Å². The van der Waals surface area contributed by atoms with Gasteiger partial charge in [-0.2, -0.15) is 0 Å². The molecule has 1 heterocycles. The van der Waals surface area contributed by atoms with Crippen molar-refractivity contribution in [3.63, 3.8) is 0 Å². The number of anilines is 1. The molecule has 5 heteroatoms. The summed E-state index contributed by atoms with van der Waals surface area (Å²) >= 11 is 0. The maximum absolute atomic E-state index is 12.0. The number of benzene rings is 2. The lowest BCUT2D eigenvalue weighted by molar-refractivity contribution is -0.111. The number of pyridine rings is 1. The number of para-hydroxylation sites is 1. The van der Waals surface area contributed by atoms with Gasteiger partial charge in [0.05, 0.1) is 11.2 Å². The number of nitrogens with zero attached hydrogens (tertiary/aromatic N) is 1. The first kappa shape index (κ1) is 15.4. The van der Waals surface area contributed by atoms with Crippen LogP contribution in [0.3, 0.4) is 0 Å². The number of amides is 2.